The molecular weight excluding hydrogens is 359 g/mol. The number of para-hydroxylation sites is 2. The predicted molar refractivity (Wildman–Crippen MR) is 104 cm³/mol. The molecule has 0 saturated carbocycles. The number of hydrogen-bond acceptors (Lipinski definition) is 3. The third-order valence-electron chi connectivity index (χ3n) is 4.45. The molecule has 3 aromatic carbocycles. The first-order valence-electron chi connectivity index (χ1n) is 8.81. The van der Waals surface area contributed by atoms with Crippen LogP contribution >= 0.6 is 0 Å². The average Bonchev–Trinajstić information content (AvgIpc) is 3.13. The standard InChI is InChI=1S/C22H17FN2O3/c23-15-7-5-8-16(13-15)24-21(26)17-9-2-3-10-18(17)25-22(27)20-12-14-6-1-4-11-19(14)28-20/h1-11,13,20H,12H2,(H,24,26)(H,25,27)/t20-/m1/s1. The molecule has 0 unspecified atom stereocenters. The summed E-state index contributed by atoms with van der Waals surface area (Å²) >= 11 is 0. The van der Waals surface area contributed by atoms with Gasteiger partial charge in [0.2, 0.25) is 0 Å². The van der Waals surface area contributed by atoms with E-state index in [1.165, 1.54) is 18.2 Å². The summed E-state index contributed by atoms with van der Waals surface area (Å²) in [4.78, 5) is 25.3. The van der Waals surface area contributed by atoms with Crippen LogP contribution in [0.3, 0.4) is 0 Å². The molecule has 2 N–H and O–H groups in total. The molecule has 4 rings (SSSR count). The van der Waals surface area contributed by atoms with Gasteiger partial charge >= 0.3 is 0 Å². The number of rotatable bonds is 4. The summed E-state index contributed by atoms with van der Waals surface area (Å²) in [5, 5.41) is 5.40. The SMILES string of the molecule is O=C(Nc1cccc(F)c1)c1ccccc1NC(=O)[C@H]1Cc2ccccc2O1. The Labute approximate surface area is 161 Å². The number of benzene rings is 3. The zero-order chi connectivity index (χ0) is 19.5. The number of halogens is 1. The molecule has 0 aromatic heterocycles. The first kappa shape index (κ1) is 17.7. The summed E-state index contributed by atoms with van der Waals surface area (Å²) in [6.07, 6.45) is -0.184. The van der Waals surface area contributed by atoms with Crippen molar-refractivity contribution in [1.82, 2.24) is 0 Å². The Morgan fingerprint density at radius 3 is 2.54 bits per heavy atom. The molecule has 0 radical (unpaired) electrons. The van der Waals surface area contributed by atoms with Gasteiger partial charge in [0, 0.05) is 12.1 Å². The van der Waals surface area contributed by atoms with Gasteiger partial charge in [-0.2, -0.15) is 0 Å². The van der Waals surface area contributed by atoms with Crippen molar-refractivity contribution < 1.29 is 18.7 Å². The number of carbonyl (C=O) groups is 2. The van der Waals surface area contributed by atoms with Gasteiger partial charge in [0.05, 0.1) is 11.3 Å². The van der Waals surface area contributed by atoms with E-state index in [1.54, 1.807) is 30.3 Å². The van der Waals surface area contributed by atoms with Crippen molar-refractivity contribution in [2.45, 2.75) is 12.5 Å². The fraction of sp³-hybridized carbons (Fsp3) is 0.0909. The normalized spacial score (nSPS) is 14.7. The second-order valence-electron chi connectivity index (χ2n) is 6.42. The van der Waals surface area contributed by atoms with Crippen LogP contribution in [0, 0.1) is 5.82 Å². The third kappa shape index (κ3) is 3.71. The van der Waals surface area contributed by atoms with E-state index in [-0.39, 0.29) is 11.5 Å². The van der Waals surface area contributed by atoms with Crippen molar-refractivity contribution in [1.29, 1.82) is 0 Å². The molecule has 2 amide bonds. The van der Waals surface area contributed by atoms with Gasteiger partial charge in [0.15, 0.2) is 6.10 Å². The fourth-order valence-corrected chi connectivity index (χ4v) is 3.10. The molecule has 1 atom stereocenters. The van der Waals surface area contributed by atoms with Crippen LogP contribution in [0.1, 0.15) is 15.9 Å². The molecule has 0 fully saturated rings. The van der Waals surface area contributed by atoms with Crippen LogP contribution in [-0.4, -0.2) is 17.9 Å². The molecule has 1 heterocycles. The number of hydrogen-bond donors (Lipinski definition) is 2. The number of nitrogens with one attached hydrogen (secondary N) is 2. The van der Waals surface area contributed by atoms with E-state index in [0.29, 0.717) is 23.5 Å². The Morgan fingerprint density at radius 1 is 0.929 bits per heavy atom. The molecule has 1 aliphatic rings. The minimum absolute atomic E-state index is 0.274. The number of amides is 2. The van der Waals surface area contributed by atoms with E-state index < -0.39 is 17.8 Å². The first-order chi connectivity index (χ1) is 13.6. The summed E-state index contributed by atoms with van der Waals surface area (Å²) in [6, 6.07) is 19.8. The second-order valence-corrected chi connectivity index (χ2v) is 6.42. The lowest BCUT2D eigenvalue weighted by atomic mass is 10.1. The number of carbonyl (C=O) groups excluding carboxylic acids is 2. The molecule has 5 nitrogen and oxygen atoms in total. The fourth-order valence-electron chi connectivity index (χ4n) is 3.10. The van der Waals surface area contributed by atoms with Gasteiger partial charge in [-0.25, -0.2) is 4.39 Å². The van der Waals surface area contributed by atoms with E-state index in [2.05, 4.69) is 10.6 Å². The predicted octanol–water partition coefficient (Wildman–Crippen LogP) is 4.02. The molecule has 0 bridgehead atoms. The highest BCUT2D eigenvalue weighted by Gasteiger charge is 2.29. The Kier molecular flexibility index (Phi) is 4.76. The number of fused-ring (bicyclic) bond motifs is 1. The topological polar surface area (TPSA) is 67.4 Å². The van der Waals surface area contributed by atoms with Crippen molar-refractivity contribution in [3.63, 3.8) is 0 Å². The third-order valence-corrected chi connectivity index (χ3v) is 4.45. The van der Waals surface area contributed by atoms with Gasteiger partial charge in [-0.3, -0.25) is 9.59 Å². The molecule has 140 valence electrons. The van der Waals surface area contributed by atoms with Gasteiger partial charge in [-0.1, -0.05) is 36.4 Å². The van der Waals surface area contributed by atoms with Crippen LogP contribution in [0.5, 0.6) is 5.75 Å². The monoisotopic (exact) mass is 376 g/mol. The van der Waals surface area contributed by atoms with Gasteiger partial charge in [0.1, 0.15) is 11.6 Å². The van der Waals surface area contributed by atoms with E-state index in [4.69, 9.17) is 4.74 Å². The molecule has 6 heteroatoms. The maximum Gasteiger partial charge on any atom is 0.265 e. The van der Waals surface area contributed by atoms with E-state index in [1.807, 2.05) is 24.3 Å². The average molecular weight is 376 g/mol. The summed E-state index contributed by atoms with van der Waals surface area (Å²) in [6.45, 7) is 0. The minimum Gasteiger partial charge on any atom is -0.480 e. The lowest BCUT2D eigenvalue weighted by Gasteiger charge is -2.14. The smallest absolute Gasteiger partial charge is 0.265 e. The summed E-state index contributed by atoms with van der Waals surface area (Å²) in [5.74, 6) is -0.531. The van der Waals surface area contributed by atoms with Crippen LogP contribution in [0.2, 0.25) is 0 Å². The zero-order valence-corrected chi connectivity index (χ0v) is 14.8. The number of ether oxygens (including phenoxy) is 1. The van der Waals surface area contributed by atoms with Crippen molar-refractivity contribution in [3.8, 4) is 5.75 Å². The highest BCUT2D eigenvalue weighted by atomic mass is 19.1. The molecular formula is C22H17FN2O3. The molecule has 3 aromatic rings. The minimum atomic E-state index is -0.656. The van der Waals surface area contributed by atoms with E-state index >= 15 is 0 Å². The van der Waals surface area contributed by atoms with Crippen LogP contribution in [-0.2, 0) is 11.2 Å². The Morgan fingerprint density at radius 2 is 1.71 bits per heavy atom. The number of anilines is 2. The van der Waals surface area contributed by atoms with E-state index in [0.717, 1.165) is 5.56 Å². The van der Waals surface area contributed by atoms with Gasteiger partial charge in [-0.15, -0.1) is 0 Å². The summed E-state index contributed by atoms with van der Waals surface area (Å²) in [7, 11) is 0. The largest absolute Gasteiger partial charge is 0.480 e. The van der Waals surface area contributed by atoms with E-state index in [9.17, 15) is 14.0 Å². The van der Waals surface area contributed by atoms with Crippen LogP contribution < -0.4 is 15.4 Å². The van der Waals surface area contributed by atoms with Crippen molar-refractivity contribution in [3.05, 3.63) is 89.7 Å². The lowest BCUT2D eigenvalue weighted by Crippen LogP contribution is -2.32. The molecule has 0 saturated heterocycles. The second kappa shape index (κ2) is 7.52. The van der Waals surface area contributed by atoms with Crippen molar-refractivity contribution in [2.75, 3.05) is 10.6 Å². The molecule has 0 spiro atoms. The lowest BCUT2D eigenvalue weighted by molar-refractivity contribution is -0.122. The maximum atomic E-state index is 13.3. The zero-order valence-electron chi connectivity index (χ0n) is 14.8. The highest BCUT2D eigenvalue weighted by molar-refractivity contribution is 6.10. The van der Waals surface area contributed by atoms with Crippen LogP contribution in [0.15, 0.2) is 72.8 Å². The Balaban J connectivity index is 1.49. The highest BCUT2D eigenvalue weighted by Crippen LogP contribution is 2.29. The Hall–Kier alpha value is -3.67. The van der Waals surface area contributed by atoms with Crippen LogP contribution in [0.25, 0.3) is 0 Å². The molecule has 0 aliphatic carbocycles. The van der Waals surface area contributed by atoms with Crippen molar-refractivity contribution in [2.24, 2.45) is 0 Å². The van der Waals surface area contributed by atoms with Crippen LogP contribution in [0.4, 0.5) is 15.8 Å². The van der Waals surface area contributed by atoms with Gasteiger partial charge < -0.3 is 15.4 Å². The maximum absolute atomic E-state index is 13.3. The quantitative estimate of drug-likeness (QED) is 0.723. The Bertz CT molecular complexity index is 1030. The summed E-state index contributed by atoms with van der Waals surface area (Å²) < 4.78 is 19.0. The van der Waals surface area contributed by atoms with Gasteiger partial charge in [-0.05, 0) is 42.0 Å². The summed E-state index contributed by atoms with van der Waals surface area (Å²) in [5.41, 5.74) is 1.94. The van der Waals surface area contributed by atoms with Gasteiger partial charge in [0.25, 0.3) is 11.8 Å². The molecule has 1 aliphatic heterocycles. The van der Waals surface area contributed by atoms with Crippen molar-refractivity contribution >= 4 is 23.2 Å². The molecule has 28 heavy (non-hydrogen) atoms. The first-order valence-corrected chi connectivity index (χ1v) is 8.81.